The molecule has 0 radical (unpaired) electrons. The van der Waals surface area contributed by atoms with Gasteiger partial charge < -0.3 is 14.7 Å². The van der Waals surface area contributed by atoms with Crippen LogP contribution in [0.15, 0.2) is 39.5 Å². The molecule has 0 saturated carbocycles. The second-order valence-corrected chi connectivity index (χ2v) is 5.42. The molecule has 0 amide bonds. The van der Waals surface area contributed by atoms with Crippen LogP contribution in [0.1, 0.15) is 23.6 Å². The van der Waals surface area contributed by atoms with Gasteiger partial charge in [-0.2, -0.15) is 0 Å². The van der Waals surface area contributed by atoms with Crippen molar-refractivity contribution in [3.05, 3.63) is 57.8 Å². The number of hydrogen-bond donors (Lipinski definition) is 1. The molecule has 2 N–H and O–H groups in total. The summed E-state index contributed by atoms with van der Waals surface area (Å²) in [5, 5.41) is 0. The lowest BCUT2D eigenvalue weighted by Crippen LogP contribution is -2.23. The van der Waals surface area contributed by atoms with Crippen molar-refractivity contribution < 1.29 is 4.42 Å². The molecule has 0 bridgehead atoms. The average molecular weight is 281 g/mol. The molecule has 0 spiro atoms. The maximum Gasteiger partial charge on any atom is 0.251 e. The van der Waals surface area contributed by atoms with Crippen molar-refractivity contribution >= 4 is 16.8 Å². The number of nitrogens with zero attached hydrogens (tertiary/aromatic N) is 2. The highest BCUT2D eigenvalue weighted by molar-refractivity contribution is 5.76. The number of anilines is 1. The van der Waals surface area contributed by atoms with Gasteiger partial charge in [0.2, 0.25) is 5.89 Å². The number of oxazole rings is 1. The van der Waals surface area contributed by atoms with Gasteiger partial charge in [0.05, 0.1) is 0 Å². The molecule has 106 valence electrons. The molecule has 0 saturated heterocycles. The number of fused-ring (bicyclic) bond motifs is 2. The molecule has 2 heterocycles. The highest BCUT2D eigenvalue weighted by Crippen LogP contribution is 2.22. The fourth-order valence-electron chi connectivity index (χ4n) is 3.00. The zero-order chi connectivity index (χ0) is 14.4. The first-order valence-corrected chi connectivity index (χ1v) is 7.07. The second-order valence-electron chi connectivity index (χ2n) is 5.42. The molecule has 5 nitrogen and oxygen atoms in total. The van der Waals surface area contributed by atoms with E-state index in [1.54, 1.807) is 22.8 Å². The fraction of sp³-hybridized carbons (Fsp3) is 0.250. The number of benzene rings is 1. The molecule has 1 aliphatic carbocycles. The zero-order valence-corrected chi connectivity index (χ0v) is 11.5. The smallest absolute Gasteiger partial charge is 0.251 e. The van der Waals surface area contributed by atoms with E-state index in [4.69, 9.17) is 10.2 Å². The minimum atomic E-state index is -0.00239. The lowest BCUT2D eigenvalue weighted by molar-refractivity contribution is 0.498. The van der Waals surface area contributed by atoms with Gasteiger partial charge in [-0.15, -0.1) is 0 Å². The van der Waals surface area contributed by atoms with Crippen LogP contribution >= 0.6 is 0 Å². The summed E-state index contributed by atoms with van der Waals surface area (Å²) in [7, 11) is 0. The molecule has 0 fully saturated rings. The highest BCUT2D eigenvalue weighted by atomic mass is 16.3. The van der Waals surface area contributed by atoms with Crippen LogP contribution in [-0.2, 0) is 19.4 Å². The minimum Gasteiger partial charge on any atom is -0.439 e. The van der Waals surface area contributed by atoms with Crippen molar-refractivity contribution in [2.75, 3.05) is 5.73 Å². The third-order valence-electron chi connectivity index (χ3n) is 4.00. The molecule has 1 aliphatic rings. The van der Waals surface area contributed by atoms with E-state index in [-0.39, 0.29) is 5.56 Å². The Morgan fingerprint density at radius 1 is 1.24 bits per heavy atom. The molecule has 21 heavy (non-hydrogen) atoms. The zero-order valence-electron chi connectivity index (χ0n) is 11.5. The Labute approximate surface area is 121 Å². The van der Waals surface area contributed by atoms with Crippen LogP contribution < -0.4 is 11.3 Å². The van der Waals surface area contributed by atoms with Gasteiger partial charge in [-0.05, 0) is 37.0 Å². The van der Waals surface area contributed by atoms with E-state index in [0.717, 1.165) is 30.5 Å². The predicted octanol–water partition coefficient (Wildman–Crippen LogP) is 2.11. The molecule has 0 atom stereocenters. The molecule has 5 heteroatoms. The molecule has 0 aliphatic heterocycles. The Hall–Kier alpha value is -2.56. The first-order chi connectivity index (χ1) is 10.2. The average Bonchev–Trinajstić information content (AvgIpc) is 3.07. The normalized spacial score (nSPS) is 13.7. The number of nitrogens with two attached hydrogens (primary N) is 1. The lowest BCUT2D eigenvalue weighted by atomic mass is 10.2. The highest BCUT2D eigenvalue weighted by Gasteiger charge is 2.17. The van der Waals surface area contributed by atoms with Gasteiger partial charge in [0.1, 0.15) is 12.1 Å². The number of nitrogen functional groups attached to an aromatic ring is 1. The van der Waals surface area contributed by atoms with E-state index in [2.05, 4.69) is 4.98 Å². The summed E-state index contributed by atoms with van der Waals surface area (Å²) in [6.45, 7) is 0.372. The van der Waals surface area contributed by atoms with E-state index in [1.807, 2.05) is 12.1 Å². The van der Waals surface area contributed by atoms with Gasteiger partial charge >= 0.3 is 0 Å². The van der Waals surface area contributed by atoms with Crippen molar-refractivity contribution in [1.82, 2.24) is 9.55 Å². The largest absolute Gasteiger partial charge is 0.439 e. The van der Waals surface area contributed by atoms with Crippen molar-refractivity contribution in [1.29, 1.82) is 0 Å². The molecule has 0 unspecified atom stereocenters. The third kappa shape index (κ3) is 2.01. The number of aryl methyl sites for hydroxylation is 1. The maximum atomic E-state index is 12.1. The molecule has 1 aromatic carbocycles. The van der Waals surface area contributed by atoms with Gasteiger partial charge in [0, 0.05) is 23.5 Å². The van der Waals surface area contributed by atoms with Crippen molar-refractivity contribution in [2.45, 2.75) is 25.8 Å². The van der Waals surface area contributed by atoms with Crippen LogP contribution in [0.3, 0.4) is 0 Å². The monoisotopic (exact) mass is 281 g/mol. The molecule has 2 aromatic heterocycles. The van der Waals surface area contributed by atoms with Crippen molar-refractivity contribution in [2.24, 2.45) is 0 Å². The van der Waals surface area contributed by atoms with Crippen LogP contribution in [0.4, 0.5) is 5.69 Å². The molecule has 4 rings (SSSR count). The number of rotatable bonds is 2. The maximum absolute atomic E-state index is 12.1. The summed E-state index contributed by atoms with van der Waals surface area (Å²) in [5.41, 5.74) is 10.2. The standard InChI is InChI=1S/C16H15N3O2/c17-11-5-6-12-14(8-11)21-15(18-12)9-19-13-3-1-2-10(13)4-7-16(19)20/h4-8H,1-3,9,17H2. The third-order valence-corrected chi connectivity index (χ3v) is 4.00. The summed E-state index contributed by atoms with van der Waals surface area (Å²) in [6, 6.07) is 8.94. The van der Waals surface area contributed by atoms with Gasteiger partial charge in [-0.25, -0.2) is 4.98 Å². The van der Waals surface area contributed by atoms with Crippen LogP contribution in [0, 0.1) is 0 Å². The Morgan fingerprint density at radius 3 is 3.05 bits per heavy atom. The first-order valence-electron chi connectivity index (χ1n) is 7.07. The molecular formula is C16H15N3O2. The quantitative estimate of drug-likeness (QED) is 0.730. The number of pyridine rings is 1. The summed E-state index contributed by atoms with van der Waals surface area (Å²) >= 11 is 0. The van der Waals surface area contributed by atoms with Crippen LogP contribution in [0.2, 0.25) is 0 Å². The van der Waals surface area contributed by atoms with Crippen LogP contribution in [-0.4, -0.2) is 9.55 Å². The van der Waals surface area contributed by atoms with Gasteiger partial charge in [0.25, 0.3) is 5.56 Å². The molecule has 3 aromatic rings. The summed E-state index contributed by atoms with van der Waals surface area (Å²) in [6.07, 6.45) is 3.08. The van der Waals surface area contributed by atoms with Gasteiger partial charge in [-0.1, -0.05) is 6.07 Å². The fourth-order valence-corrected chi connectivity index (χ4v) is 3.00. The van der Waals surface area contributed by atoms with E-state index in [1.165, 1.54) is 5.56 Å². The second kappa shape index (κ2) is 4.48. The van der Waals surface area contributed by atoms with Gasteiger partial charge in [-0.3, -0.25) is 4.79 Å². The number of aromatic nitrogens is 2. The van der Waals surface area contributed by atoms with E-state index in [0.29, 0.717) is 23.7 Å². The Bertz CT molecular complexity index is 892. The first kappa shape index (κ1) is 12.2. The SMILES string of the molecule is Nc1ccc2nc(Cn3c4c(ccc3=O)CCC4)oc2c1. The van der Waals surface area contributed by atoms with E-state index < -0.39 is 0 Å². The molecular weight excluding hydrogens is 266 g/mol. The Kier molecular flexibility index (Phi) is 2.60. The van der Waals surface area contributed by atoms with Crippen LogP contribution in [0.5, 0.6) is 0 Å². The minimum absolute atomic E-state index is 0.00239. The number of hydrogen-bond acceptors (Lipinski definition) is 4. The van der Waals surface area contributed by atoms with E-state index in [9.17, 15) is 4.79 Å². The van der Waals surface area contributed by atoms with Crippen molar-refractivity contribution in [3.63, 3.8) is 0 Å². The summed E-state index contributed by atoms with van der Waals surface area (Å²) in [5.74, 6) is 0.540. The lowest BCUT2D eigenvalue weighted by Gasteiger charge is -2.09. The van der Waals surface area contributed by atoms with Crippen LogP contribution in [0.25, 0.3) is 11.1 Å². The Morgan fingerprint density at radius 2 is 2.14 bits per heavy atom. The van der Waals surface area contributed by atoms with E-state index >= 15 is 0 Å². The topological polar surface area (TPSA) is 74.0 Å². The predicted molar refractivity (Wildman–Crippen MR) is 80.3 cm³/mol. The summed E-state index contributed by atoms with van der Waals surface area (Å²) < 4.78 is 7.49. The van der Waals surface area contributed by atoms with Crippen molar-refractivity contribution in [3.8, 4) is 0 Å². The Balaban J connectivity index is 1.78. The summed E-state index contributed by atoms with van der Waals surface area (Å²) in [4.78, 5) is 16.6. The van der Waals surface area contributed by atoms with Gasteiger partial charge in [0.15, 0.2) is 5.58 Å².